The third-order valence-corrected chi connectivity index (χ3v) is 6.26. The second-order valence-corrected chi connectivity index (χ2v) is 8.70. The fraction of sp³-hybridized carbons (Fsp3) is 0.130. The Balaban J connectivity index is 1.49. The molecule has 2 N–H and O–H groups in total. The Bertz CT molecular complexity index is 1300. The molecule has 4 aromatic rings. The molecule has 9 nitrogen and oxygen atoms in total. The Morgan fingerprint density at radius 2 is 1.85 bits per heavy atom. The van der Waals surface area contributed by atoms with Gasteiger partial charge in [0.1, 0.15) is 5.70 Å². The third-order valence-electron chi connectivity index (χ3n) is 4.58. The molecule has 0 spiro atoms. The van der Waals surface area contributed by atoms with Gasteiger partial charge in [-0.25, -0.2) is 0 Å². The van der Waals surface area contributed by atoms with Crippen molar-refractivity contribution < 1.29 is 23.6 Å². The number of ether oxygens (including phenoxy) is 2. The molecule has 34 heavy (non-hydrogen) atoms. The molecular formula is C23H20N4O5S2. The van der Waals surface area contributed by atoms with Crippen LogP contribution in [-0.2, 0) is 11.3 Å². The number of aromatic nitrogens is 2. The van der Waals surface area contributed by atoms with Crippen LogP contribution >= 0.6 is 22.7 Å². The van der Waals surface area contributed by atoms with Gasteiger partial charge in [0, 0.05) is 10.4 Å². The molecular weight excluding hydrogens is 476 g/mol. The monoisotopic (exact) mass is 496 g/mol. The molecule has 2 amide bonds. The van der Waals surface area contributed by atoms with E-state index in [1.165, 1.54) is 36.9 Å². The number of benzene rings is 1. The Kier molecular flexibility index (Phi) is 7.35. The van der Waals surface area contributed by atoms with Crippen LogP contribution in [-0.4, -0.2) is 36.2 Å². The number of thiophene rings is 2. The normalized spacial score (nSPS) is 11.2. The van der Waals surface area contributed by atoms with Gasteiger partial charge in [-0.1, -0.05) is 17.3 Å². The molecule has 0 unspecified atom stereocenters. The van der Waals surface area contributed by atoms with E-state index in [0.717, 1.165) is 9.75 Å². The van der Waals surface area contributed by atoms with Crippen LogP contribution in [0.15, 0.2) is 63.4 Å². The van der Waals surface area contributed by atoms with E-state index in [1.807, 2.05) is 35.0 Å². The van der Waals surface area contributed by atoms with Crippen molar-refractivity contribution >= 4 is 40.6 Å². The van der Waals surface area contributed by atoms with E-state index >= 15 is 0 Å². The lowest BCUT2D eigenvalue weighted by atomic mass is 10.1. The van der Waals surface area contributed by atoms with Gasteiger partial charge in [-0.3, -0.25) is 9.59 Å². The summed E-state index contributed by atoms with van der Waals surface area (Å²) in [6.07, 6.45) is 1.60. The number of nitrogens with zero attached hydrogens (tertiary/aromatic N) is 2. The zero-order chi connectivity index (χ0) is 23.9. The van der Waals surface area contributed by atoms with Crippen LogP contribution < -0.4 is 20.1 Å². The molecule has 0 aliphatic carbocycles. The first-order valence-corrected chi connectivity index (χ1v) is 11.8. The second-order valence-electron chi connectivity index (χ2n) is 6.77. The molecule has 3 aromatic heterocycles. The Hall–Kier alpha value is -3.96. The van der Waals surface area contributed by atoms with Crippen molar-refractivity contribution in [3.05, 3.63) is 75.3 Å². The minimum Gasteiger partial charge on any atom is -0.493 e. The lowest BCUT2D eigenvalue weighted by Gasteiger charge is -2.12. The van der Waals surface area contributed by atoms with Crippen molar-refractivity contribution in [3.63, 3.8) is 0 Å². The highest BCUT2D eigenvalue weighted by Crippen LogP contribution is 2.27. The number of nitrogens with one attached hydrogen (secondary N) is 2. The van der Waals surface area contributed by atoms with Crippen LogP contribution in [0.2, 0.25) is 0 Å². The van der Waals surface area contributed by atoms with Gasteiger partial charge in [0.2, 0.25) is 11.7 Å². The van der Waals surface area contributed by atoms with Gasteiger partial charge >= 0.3 is 0 Å². The third kappa shape index (κ3) is 5.50. The van der Waals surface area contributed by atoms with Gasteiger partial charge in [0.25, 0.3) is 11.8 Å². The number of hydrogen-bond donors (Lipinski definition) is 2. The fourth-order valence-corrected chi connectivity index (χ4v) is 4.24. The van der Waals surface area contributed by atoms with E-state index in [9.17, 15) is 9.59 Å². The van der Waals surface area contributed by atoms with Gasteiger partial charge < -0.3 is 24.6 Å². The summed E-state index contributed by atoms with van der Waals surface area (Å²) in [5.41, 5.74) is 0.375. The fourth-order valence-electron chi connectivity index (χ4n) is 2.93. The average Bonchev–Trinajstić information content (AvgIpc) is 3.64. The Labute approximate surface area is 203 Å². The van der Waals surface area contributed by atoms with Crippen molar-refractivity contribution in [2.24, 2.45) is 0 Å². The zero-order valence-corrected chi connectivity index (χ0v) is 19.9. The predicted molar refractivity (Wildman–Crippen MR) is 129 cm³/mol. The Morgan fingerprint density at radius 3 is 2.56 bits per heavy atom. The maximum atomic E-state index is 12.9. The van der Waals surface area contributed by atoms with Crippen molar-refractivity contribution in [2.75, 3.05) is 14.2 Å². The molecule has 0 aliphatic rings. The van der Waals surface area contributed by atoms with E-state index in [0.29, 0.717) is 22.9 Å². The first-order valence-electron chi connectivity index (χ1n) is 10.0. The summed E-state index contributed by atoms with van der Waals surface area (Å²) < 4.78 is 15.7. The minimum absolute atomic E-state index is 0.00518. The summed E-state index contributed by atoms with van der Waals surface area (Å²) in [6.45, 7) is 0.00518. The topological polar surface area (TPSA) is 116 Å². The van der Waals surface area contributed by atoms with Crippen molar-refractivity contribution in [3.8, 4) is 22.2 Å². The summed E-state index contributed by atoms with van der Waals surface area (Å²) in [4.78, 5) is 31.8. The number of hydrogen-bond acceptors (Lipinski definition) is 9. The summed E-state index contributed by atoms with van der Waals surface area (Å²) >= 11 is 2.92. The van der Waals surface area contributed by atoms with Crippen molar-refractivity contribution in [1.82, 2.24) is 20.8 Å². The molecule has 0 bridgehead atoms. The van der Waals surface area contributed by atoms with E-state index < -0.39 is 11.8 Å². The number of amides is 2. The molecule has 0 saturated heterocycles. The largest absolute Gasteiger partial charge is 0.493 e. The number of carbonyl (C=O) groups is 2. The van der Waals surface area contributed by atoms with Crippen molar-refractivity contribution in [2.45, 2.75) is 6.54 Å². The maximum absolute atomic E-state index is 12.9. The van der Waals surface area contributed by atoms with Crippen LogP contribution in [0.4, 0.5) is 0 Å². The lowest BCUT2D eigenvalue weighted by Crippen LogP contribution is -2.34. The molecule has 0 fully saturated rings. The number of rotatable bonds is 9. The SMILES string of the molecule is COc1ccc(C(=O)N/C(=C\c2cccs2)C(=O)NCc2nc(-c3cccs3)no2)cc1OC. The van der Waals surface area contributed by atoms with Gasteiger partial charge in [0.05, 0.1) is 25.6 Å². The van der Waals surface area contributed by atoms with Gasteiger partial charge in [-0.05, 0) is 47.2 Å². The van der Waals surface area contributed by atoms with E-state index in [-0.39, 0.29) is 18.1 Å². The van der Waals surface area contributed by atoms with Crippen LogP contribution in [0.1, 0.15) is 21.1 Å². The maximum Gasteiger partial charge on any atom is 0.268 e. The summed E-state index contributed by atoms with van der Waals surface area (Å²) in [7, 11) is 2.99. The number of methoxy groups -OCH3 is 2. The standard InChI is InChI=1S/C23H20N4O5S2/c1-30-17-8-7-14(11-18(17)31-2)22(28)25-16(12-15-5-3-9-33-15)23(29)24-13-20-26-21(27-32-20)19-6-4-10-34-19/h3-12H,13H2,1-2H3,(H,24,29)(H,25,28)/b16-12-. The first kappa shape index (κ1) is 23.2. The summed E-state index contributed by atoms with van der Waals surface area (Å²) in [5, 5.41) is 13.1. The lowest BCUT2D eigenvalue weighted by molar-refractivity contribution is -0.118. The van der Waals surface area contributed by atoms with Gasteiger partial charge in [-0.15, -0.1) is 22.7 Å². The molecule has 0 radical (unpaired) electrons. The van der Waals surface area contributed by atoms with Crippen molar-refractivity contribution in [1.29, 1.82) is 0 Å². The molecule has 174 valence electrons. The second kappa shape index (κ2) is 10.8. The van der Waals surface area contributed by atoms with E-state index in [1.54, 1.807) is 24.3 Å². The smallest absolute Gasteiger partial charge is 0.268 e. The molecule has 11 heteroatoms. The highest BCUT2D eigenvalue weighted by Gasteiger charge is 2.18. The number of carbonyl (C=O) groups excluding carboxylic acids is 2. The highest BCUT2D eigenvalue weighted by molar-refractivity contribution is 7.13. The average molecular weight is 497 g/mol. The van der Waals surface area contributed by atoms with Gasteiger partial charge in [0.15, 0.2) is 11.5 Å². The van der Waals surface area contributed by atoms with Gasteiger partial charge in [-0.2, -0.15) is 4.98 Å². The molecule has 0 aliphatic heterocycles. The zero-order valence-electron chi connectivity index (χ0n) is 18.2. The van der Waals surface area contributed by atoms with Crippen LogP contribution in [0.3, 0.4) is 0 Å². The predicted octanol–water partition coefficient (Wildman–Crippen LogP) is 3.96. The van der Waals surface area contributed by atoms with Crippen LogP contribution in [0, 0.1) is 0 Å². The molecule has 4 rings (SSSR count). The molecule has 1 aromatic carbocycles. The Morgan fingerprint density at radius 1 is 1.06 bits per heavy atom. The summed E-state index contributed by atoms with van der Waals surface area (Å²) in [5.74, 6) is 0.623. The van der Waals surface area contributed by atoms with E-state index in [2.05, 4.69) is 20.8 Å². The molecule has 3 heterocycles. The highest BCUT2D eigenvalue weighted by atomic mass is 32.1. The minimum atomic E-state index is -0.502. The quantitative estimate of drug-likeness (QED) is 0.337. The van der Waals surface area contributed by atoms with Crippen LogP contribution in [0.5, 0.6) is 11.5 Å². The summed E-state index contributed by atoms with van der Waals surface area (Å²) in [6, 6.07) is 12.2. The molecule has 0 atom stereocenters. The first-order chi connectivity index (χ1) is 16.6. The van der Waals surface area contributed by atoms with Crippen LogP contribution in [0.25, 0.3) is 16.8 Å². The molecule has 0 saturated carbocycles. The van der Waals surface area contributed by atoms with E-state index in [4.69, 9.17) is 14.0 Å².